The Bertz CT molecular complexity index is 789. The van der Waals surface area contributed by atoms with Crippen molar-refractivity contribution in [1.82, 2.24) is 24.3 Å². The lowest BCUT2D eigenvalue weighted by Crippen LogP contribution is -2.05. The quantitative estimate of drug-likeness (QED) is 0.755. The minimum Gasteiger partial charge on any atom is -0.328 e. The summed E-state index contributed by atoms with van der Waals surface area (Å²) in [5.74, 6) is 0. The maximum atomic E-state index is 5.40. The van der Waals surface area contributed by atoms with Gasteiger partial charge in [-0.05, 0) is 26.1 Å². The van der Waals surface area contributed by atoms with Gasteiger partial charge in [0.25, 0.3) is 0 Å². The van der Waals surface area contributed by atoms with Crippen LogP contribution in [0.5, 0.6) is 0 Å². The van der Waals surface area contributed by atoms with E-state index in [0.29, 0.717) is 0 Å². The second-order valence-corrected chi connectivity index (χ2v) is 5.95. The zero-order valence-electron chi connectivity index (χ0n) is 11.1. The molecule has 0 bridgehead atoms. The van der Waals surface area contributed by atoms with Crippen LogP contribution in [0.3, 0.4) is 0 Å². The standard InChI is InChI=1S/C12H15N5S2/c1-7-6-19-9(13-7)4-5-17-11-10(14-12(17)18)8(2)15-16(11)3/h6H,4-5H2,1-3H3,(H,14,18). The number of hydrogen-bond acceptors (Lipinski definition) is 4. The molecule has 0 unspecified atom stereocenters. The number of rotatable bonds is 3. The highest BCUT2D eigenvalue weighted by Crippen LogP contribution is 2.18. The van der Waals surface area contributed by atoms with Gasteiger partial charge in [-0.15, -0.1) is 11.3 Å². The fraction of sp³-hybridized carbons (Fsp3) is 0.417. The van der Waals surface area contributed by atoms with Crippen LogP contribution >= 0.6 is 23.6 Å². The molecule has 3 heterocycles. The minimum atomic E-state index is 0.749. The van der Waals surface area contributed by atoms with Crippen molar-refractivity contribution in [3.05, 3.63) is 26.5 Å². The molecule has 3 aromatic heterocycles. The fourth-order valence-electron chi connectivity index (χ4n) is 2.30. The van der Waals surface area contributed by atoms with Crippen molar-refractivity contribution in [3.63, 3.8) is 0 Å². The highest BCUT2D eigenvalue weighted by molar-refractivity contribution is 7.71. The predicted molar refractivity (Wildman–Crippen MR) is 79.2 cm³/mol. The van der Waals surface area contributed by atoms with E-state index in [9.17, 15) is 0 Å². The molecule has 0 radical (unpaired) electrons. The lowest BCUT2D eigenvalue weighted by atomic mass is 10.4. The Balaban J connectivity index is 1.96. The molecule has 100 valence electrons. The van der Waals surface area contributed by atoms with Crippen LogP contribution in [0, 0.1) is 18.6 Å². The first-order valence-electron chi connectivity index (χ1n) is 6.09. The largest absolute Gasteiger partial charge is 0.328 e. The highest BCUT2D eigenvalue weighted by Gasteiger charge is 2.12. The number of aromatic amines is 1. The first kappa shape index (κ1) is 12.6. The van der Waals surface area contributed by atoms with E-state index in [2.05, 4.69) is 25.0 Å². The summed E-state index contributed by atoms with van der Waals surface area (Å²) in [5, 5.41) is 7.64. The summed E-state index contributed by atoms with van der Waals surface area (Å²) in [6, 6.07) is 0. The highest BCUT2D eigenvalue weighted by atomic mass is 32.1. The second-order valence-electron chi connectivity index (χ2n) is 4.62. The molecule has 0 atom stereocenters. The topological polar surface area (TPSA) is 51.4 Å². The van der Waals surface area contributed by atoms with Crippen LogP contribution in [0.1, 0.15) is 16.4 Å². The van der Waals surface area contributed by atoms with Crippen LogP contribution in [0.4, 0.5) is 0 Å². The third-order valence-electron chi connectivity index (χ3n) is 3.14. The normalized spacial score (nSPS) is 11.5. The molecule has 0 saturated heterocycles. The van der Waals surface area contributed by atoms with Crippen LogP contribution in [0.25, 0.3) is 11.2 Å². The molecule has 0 fully saturated rings. The van der Waals surface area contributed by atoms with Crippen LogP contribution < -0.4 is 0 Å². The SMILES string of the molecule is Cc1csc(CCn2c(=S)[nH]c3c(C)nn(C)c32)n1. The molecule has 0 aliphatic rings. The molecule has 7 heteroatoms. The zero-order valence-corrected chi connectivity index (χ0v) is 12.7. The molecular weight excluding hydrogens is 278 g/mol. The third-order valence-corrected chi connectivity index (χ3v) is 4.49. The summed E-state index contributed by atoms with van der Waals surface area (Å²) >= 11 is 7.10. The van der Waals surface area contributed by atoms with Crippen LogP contribution in [-0.4, -0.2) is 24.3 Å². The van der Waals surface area contributed by atoms with Gasteiger partial charge in [0.05, 0.1) is 10.7 Å². The summed E-state index contributed by atoms with van der Waals surface area (Å²) < 4.78 is 4.73. The predicted octanol–water partition coefficient (Wildman–Crippen LogP) is 2.75. The molecule has 0 saturated carbocycles. The number of thiazole rings is 1. The third kappa shape index (κ3) is 2.12. The lowest BCUT2D eigenvalue weighted by Gasteiger charge is -2.03. The molecule has 3 rings (SSSR count). The monoisotopic (exact) mass is 293 g/mol. The van der Waals surface area contributed by atoms with Gasteiger partial charge in [0.2, 0.25) is 0 Å². The smallest absolute Gasteiger partial charge is 0.179 e. The number of nitrogens with zero attached hydrogens (tertiary/aromatic N) is 4. The molecule has 1 N–H and O–H groups in total. The number of imidazole rings is 1. The summed E-state index contributed by atoms with van der Waals surface area (Å²) in [7, 11) is 1.95. The van der Waals surface area contributed by atoms with Gasteiger partial charge < -0.3 is 9.55 Å². The molecule has 0 aliphatic heterocycles. The Morgan fingerprint density at radius 2 is 2.21 bits per heavy atom. The summed E-state index contributed by atoms with van der Waals surface area (Å²) in [5.41, 5.74) is 4.14. The average molecular weight is 293 g/mol. The van der Waals surface area contributed by atoms with E-state index in [1.807, 2.05) is 25.6 Å². The Morgan fingerprint density at radius 3 is 2.89 bits per heavy atom. The van der Waals surface area contributed by atoms with E-state index in [-0.39, 0.29) is 0 Å². The van der Waals surface area contributed by atoms with Gasteiger partial charge in [0, 0.05) is 31.1 Å². The van der Waals surface area contributed by atoms with E-state index >= 15 is 0 Å². The molecule has 0 spiro atoms. The Labute approximate surface area is 119 Å². The van der Waals surface area contributed by atoms with Crippen molar-refractivity contribution >= 4 is 34.7 Å². The van der Waals surface area contributed by atoms with Crippen molar-refractivity contribution in [3.8, 4) is 0 Å². The maximum Gasteiger partial charge on any atom is 0.179 e. The van der Waals surface area contributed by atoms with E-state index in [0.717, 1.165) is 45.3 Å². The zero-order chi connectivity index (χ0) is 13.6. The van der Waals surface area contributed by atoms with Gasteiger partial charge in [0.15, 0.2) is 10.4 Å². The van der Waals surface area contributed by atoms with Crippen molar-refractivity contribution in [2.75, 3.05) is 0 Å². The first-order valence-corrected chi connectivity index (χ1v) is 7.38. The summed E-state index contributed by atoms with van der Waals surface area (Å²) in [4.78, 5) is 7.72. The van der Waals surface area contributed by atoms with E-state index in [4.69, 9.17) is 12.2 Å². The number of H-pyrrole nitrogens is 1. The summed E-state index contributed by atoms with van der Waals surface area (Å²) in [6.07, 6.45) is 0.893. The first-order chi connectivity index (χ1) is 9.06. The fourth-order valence-corrected chi connectivity index (χ4v) is 3.35. The van der Waals surface area contributed by atoms with Crippen molar-refractivity contribution < 1.29 is 0 Å². The van der Waals surface area contributed by atoms with E-state index in [1.54, 1.807) is 11.3 Å². The van der Waals surface area contributed by atoms with Crippen molar-refractivity contribution in [1.29, 1.82) is 0 Å². The van der Waals surface area contributed by atoms with Crippen LogP contribution in [-0.2, 0) is 20.0 Å². The van der Waals surface area contributed by atoms with E-state index in [1.165, 1.54) is 0 Å². The van der Waals surface area contributed by atoms with Gasteiger partial charge in [0.1, 0.15) is 5.52 Å². The van der Waals surface area contributed by atoms with Crippen molar-refractivity contribution in [2.24, 2.45) is 7.05 Å². The van der Waals surface area contributed by atoms with Gasteiger partial charge in [-0.3, -0.25) is 4.68 Å². The molecule has 19 heavy (non-hydrogen) atoms. The second kappa shape index (κ2) is 4.57. The maximum absolute atomic E-state index is 5.40. The summed E-state index contributed by atoms with van der Waals surface area (Å²) in [6.45, 7) is 4.83. The Morgan fingerprint density at radius 1 is 1.42 bits per heavy atom. The number of hydrogen-bond donors (Lipinski definition) is 1. The number of fused-ring (bicyclic) bond motifs is 1. The van der Waals surface area contributed by atoms with Gasteiger partial charge in [-0.2, -0.15) is 5.10 Å². The molecular formula is C12H15N5S2. The molecule has 3 aromatic rings. The number of aryl methyl sites for hydroxylation is 5. The van der Waals surface area contributed by atoms with Gasteiger partial charge in [-0.1, -0.05) is 0 Å². The van der Waals surface area contributed by atoms with Gasteiger partial charge >= 0.3 is 0 Å². The van der Waals surface area contributed by atoms with E-state index < -0.39 is 0 Å². The molecule has 0 aliphatic carbocycles. The minimum absolute atomic E-state index is 0.749. The molecule has 0 aromatic carbocycles. The van der Waals surface area contributed by atoms with Crippen LogP contribution in [0.15, 0.2) is 5.38 Å². The van der Waals surface area contributed by atoms with Gasteiger partial charge in [-0.25, -0.2) is 4.98 Å². The molecule has 0 amide bonds. The Hall–Kier alpha value is -1.47. The number of nitrogens with one attached hydrogen (secondary N) is 1. The number of aromatic nitrogens is 5. The lowest BCUT2D eigenvalue weighted by molar-refractivity contribution is 0.662. The van der Waals surface area contributed by atoms with Crippen molar-refractivity contribution in [2.45, 2.75) is 26.8 Å². The molecule has 5 nitrogen and oxygen atoms in total. The van der Waals surface area contributed by atoms with Crippen LogP contribution in [0.2, 0.25) is 0 Å². The Kier molecular flexibility index (Phi) is 3.02. The average Bonchev–Trinajstić information content (AvgIpc) is 2.97.